The Morgan fingerprint density at radius 2 is 2.00 bits per heavy atom. The van der Waals surface area contributed by atoms with Gasteiger partial charge in [-0.25, -0.2) is 8.78 Å². The molecule has 1 unspecified atom stereocenters. The summed E-state index contributed by atoms with van der Waals surface area (Å²) in [5.74, 6) is -5.89. The molecule has 0 aromatic heterocycles. The zero-order valence-electron chi connectivity index (χ0n) is 9.38. The minimum atomic E-state index is -4.78. The highest BCUT2D eigenvalue weighted by Crippen LogP contribution is 2.27. The molecule has 1 aromatic carbocycles. The van der Waals surface area contributed by atoms with E-state index in [-0.39, 0.29) is 0 Å². The molecule has 0 spiro atoms. The van der Waals surface area contributed by atoms with Gasteiger partial charge in [-0.15, -0.1) is 0 Å². The van der Waals surface area contributed by atoms with Gasteiger partial charge in [-0.1, -0.05) is 11.2 Å². The van der Waals surface area contributed by atoms with Crippen LogP contribution in [0.5, 0.6) is 0 Å². The number of hydrogen-bond acceptors (Lipinski definition) is 3. The molecule has 0 saturated heterocycles. The molecular weight excluding hydrogens is 273 g/mol. The van der Waals surface area contributed by atoms with Gasteiger partial charge in [-0.05, 0) is 12.1 Å². The second kappa shape index (κ2) is 5.72. The standard InChI is InChI=1S/C10H10F5N3O/c11-6-2-1-3-7(8(6)12)17-4-5(9(16)18-19)10(13,14)15/h1-3,5,17,19H,4H2,(H2,16,18). The monoisotopic (exact) mass is 283 g/mol. The van der Waals surface area contributed by atoms with Gasteiger partial charge < -0.3 is 16.3 Å². The van der Waals surface area contributed by atoms with Crippen molar-refractivity contribution in [1.82, 2.24) is 0 Å². The summed E-state index contributed by atoms with van der Waals surface area (Å²) >= 11 is 0. The first-order valence-electron chi connectivity index (χ1n) is 4.99. The zero-order valence-corrected chi connectivity index (χ0v) is 9.38. The van der Waals surface area contributed by atoms with E-state index in [0.29, 0.717) is 0 Å². The van der Waals surface area contributed by atoms with Crippen molar-refractivity contribution in [2.45, 2.75) is 6.18 Å². The normalized spacial score (nSPS) is 14.3. The van der Waals surface area contributed by atoms with Gasteiger partial charge in [0.2, 0.25) is 0 Å². The van der Waals surface area contributed by atoms with Gasteiger partial charge in [0.15, 0.2) is 17.5 Å². The number of nitrogens with one attached hydrogen (secondary N) is 1. The molecule has 0 aliphatic heterocycles. The van der Waals surface area contributed by atoms with Crippen LogP contribution < -0.4 is 11.1 Å². The van der Waals surface area contributed by atoms with Gasteiger partial charge in [-0.2, -0.15) is 13.2 Å². The lowest BCUT2D eigenvalue weighted by Crippen LogP contribution is -2.40. The lowest BCUT2D eigenvalue weighted by Gasteiger charge is -2.20. The van der Waals surface area contributed by atoms with E-state index in [4.69, 9.17) is 10.9 Å². The summed E-state index contributed by atoms with van der Waals surface area (Å²) in [4.78, 5) is 0. The van der Waals surface area contributed by atoms with E-state index in [1.54, 1.807) is 0 Å². The summed E-state index contributed by atoms with van der Waals surface area (Å²) in [5, 5.41) is 12.6. The van der Waals surface area contributed by atoms with Crippen LogP contribution in [0.4, 0.5) is 27.6 Å². The maximum absolute atomic E-state index is 13.2. The lowest BCUT2D eigenvalue weighted by atomic mass is 10.1. The summed E-state index contributed by atoms with van der Waals surface area (Å²) in [6.07, 6.45) is -4.78. The van der Waals surface area contributed by atoms with Crippen LogP contribution in [0.25, 0.3) is 0 Å². The molecule has 0 aliphatic carbocycles. The Labute approximate surface area is 104 Å². The third kappa shape index (κ3) is 3.70. The van der Waals surface area contributed by atoms with Gasteiger partial charge in [0.1, 0.15) is 5.92 Å². The molecule has 19 heavy (non-hydrogen) atoms. The molecule has 0 aliphatic rings. The van der Waals surface area contributed by atoms with Crippen LogP contribution in [0.15, 0.2) is 23.4 Å². The minimum absolute atomic E-state index is 0.444. The molecule has 1 atom stereocenters. The summed E-state index contributed by atoms with van der Waals surface area (Å²) in [6.45, 7) is -0.889. The quantitative estimate of drug-likeness (QED) is 0.261. The van der Waals surface area contributed by atoms with Crippen LogP contribution in [0.2, 0.25) is 0 Å². The Bertz CT molecular complexity index is 475. The maximum atomic E-state index is 13.2. The van der Waals surface area contributed by atoms with Crippen molar-refractivity contribution >= 4 is 11.5 Å². The van der Waals surface area contributed by atoms with Gasteiger partial charge in [0, 0.05) is 6.54 Å². The van der Waals surface area contributed by atoms with E-state index in [9.17, 15) is 22.0 Å². The third-order valence-electron chi connectivity index (χ3n) is 2.32. The largest absolute Gasteiger partial charge is 0.409 e. The average molecular weight is 283 g/mol. The second-order valence-electron chi connectivity index (χ2n) is 3.60. The molecular formula is C10H10F5N3O. The van der Waals surface area contributed by atoms with Crippen molar-refractivity contribution in [3.05, 3.63) is 29.8 Å². The first kappa shape index (κ1) is 15.0. The van der Waals surface area contributed by atoms with Crippen LogP contribution in [-0.2, 0) is 0 Å². The first-order valence-corrected chi connectivity index (χ1v) is 4.99. The van der Waals surface area contributed by atoms with E-state index in [1.807, 2.05) is 0 Å². The first-order chi connectivity index (χ1) is 8.77. The SMILES string of the molecule is N/C(=N/O)C(CNc1cccc(F)c1F)C(F)(F)F. The number of halogens is 5. The highest BCUT2D eigenvalue weighted by atomic mass is 19.4. The predicted molar refractivity (Wildman–Crippen MR) is 57.8 cm³/mol. The van der Waals surface area contributed by atoms with Crippen LogP contribution in [0, 0.1) is 17.6 Å². The van der Waals surface area contributed by atoms with Crippen molar-refractivity contribution < 1.29 is 27.2 Å². The van der Waals surface area contributed by atoms with E-state index >= 15 is 0 Å². The number of nitrogens with two attached hydrogens (primary N) is 1. The number of rotatable bonds is 4. The summed E-state index contributed by atoms with van der Waals surface area (Å²) in [6, 6.07) is 3.02. The minimum Gasteiger partial charge on any atom is -0.409 e. The number of hydrogen-bond donors (Lipinski definition) is 3. The van der Waals surface area contributed by atoms with Crippen LogP contribution in [0.3, 0.4) is 0 Å². The molecule has 9 heteroatoms. The van der Waals surface area contributed by atoms with Gasteiger partial charge in [0.05, 0.1) is 5.69 Å². The van der Waals surface area contributed by atoms with Crippen molar-refractivity contribution in [2.24, 2.45) is 16.8 Å². The molecule has 0 bridgehead atoms. The van der Waals surface area contributed by atoms with Gasteiger partial charge in [0.25, 0.3) is 0 Å². The fourth-order valence-electron chi connectivity index (χ4n) is 1.31. The molecule has 0 radical (unpaired) electrons. The number of alkyl halides is 3. The maximum Gasteiger partial charge on any atom is 0.400 e. The molecule has 0 fully saturated rings. The molecule has 1 aromatic rings. The van der Waals surface area contributed by atoms with Crippen molar-refractivity contribution in [3.8, 4) is 0 Å². The van der Waals surface area contributed by atoms with E-state index in [1.165, 1.54) is 0 Å². The Morgan fingerprint density at radius 3 is 2.53 bits per heavy atom. The van der Waals surface area contributed by atoms with Crippen molar-refractivity contribution in [1.29, 1.82) is 0 Å². The molecule has 0 amide bonds. The number of anilines is 1. The van der Waals surface area contributed by atoms with E-state index in [0.717, 1.165) is 18.2 Å². The Balaban J connectivity index is 2.86. The molecule has 4 N–H and O–H groups in total. The Hall–Kier alpha value is -2.06. The Morgan fingerprint density at radius 1 is 1.37 bits per heavy atom. The van der Waals surface area contributed by atoms with E-state index in [2.05, 4.69) is 10.5 Å². The van der Waals surface area contributed by atoms with Gasteiger partial charge >= 0.3 is 6.18 Å². The second-order valence-corrected chi connectivity index (χ2v) is 3.60. The van der Waals surface area contributed by atoms with Crippen LogP contribution in [-0.4, -0.2) is 23.8 Å². The topological polar surface area (TPSA) is 70.6 Å². The van der Waals surface area contributed by atoms with Gasteiger partial charge in [-0.3, -0.25) is 0 Å². The van der Waals surface area contributed by atoms with Crippen molar-refractivity contribution in [3.63, 3.8) is 0 Å². The smallest absolute Gasteiger partial charge is 0.400 e. The highest BCUT2D eigenvalue weighted by molar-refractivity contribution is 5.83. The fourth-order valence-corrected chi connectivity index (χ4v) is 1.31. The van der Waals surface area contributed by atoms with Crippen LogP contribution >= 0.6 is 0 Å². The summed E-state index contributed by atoms with van der Waals surface area (Å²) in [7, 11) is 0. The average Bonchev–Trinajstić information content (AvgIpc) is 2.32. The number of benzene rings is 1. The Kier molecular flexibility index (Phi) is 4.52. The fraction of sp³-hybridized carbons (Fsp3) is 0.300. The summed E-state index contributed by atoms with van der Waals surface area (Å²) < 4.78 is 63.7. The molecule has 4 nitrogen and oxygen atoms in total. The van der Waals surface area contributed by atoms with Crippen molar-refractivity contribution in [2.75, 3.05) is 11.9 Å². The molecule has 0 saturated carbocycles. The van der Waals surface area contributed by atoms with E-state index < -0.39 is 41.8 Å². The molecule has 0 heterocycles. The van der Waals surface area contributed by atoms with Crippen LogP contribution in [0.1, 0.15) is 0 Å². The number of nitrogens with zero attached hydrogens (tertiary/aromatic N) is 1. The summed E-state index contributed by atoms with van der Waals surface area (Å²) in [5.41, 5.74) is 4.46. The zero-order chi connectivity index (χ0) is 14.6. The number of amidine groups is 1. The molecule has 1 rings (SSSR count). The molecule has 106 valence electrons. The highest BCUT2D eigenvalue weighted by Gasteiger charge is 2.42. The lowest BCUT2D eigenvalue weighted by molar-refractivity contribution is -0.152. The number of oxime groups is 1. The predicted octanol–water partition coefficient (Wildman–Crippen LogP) is 2.30. The third-order valence-corrected chi connectivity index (χ3v) is 2.32.